The number of benzene rings is 1. The van der Waals surface area contributed by atoms with Crippen molar-refractivity contribution in [1.29, 1.82) is 0 Å². The van der Waals surface area contributed by atoms with Crippen molar-refractivity contribution in [2.75, 3.05) is 13.1 Å². The Kier molecular flexibility index (Phi) is 2.88. The van der Waals surface area contributed by atoms with Gasteiger partial charge >= 0.3 is 0 Å². The average molecular weight is 228 g/mol. The molecule has 0 amide bonds. The predicted molar refractivity (Wildman–Crippen MR) is 65.4 cm³/mol. The van der Waals surface area contributed by atoms with E-state index in [9.17, 15) is 0 Å². The Labute approximate surface area is 101 Å². The molecule has 17 heavy (non-hydrogen) atoms. The second kappa shape index (κ2) is 4.67. The molecule has 1 atom stereocenters. The van der Waals surface area contributed by atoms with Crippen LogP contribution in [0.3, 0.4) is 0 Å². The van der Waals surface area contributed by atoms with Crippen molar-refractivity contribution >= 4 is 0 Å². The van der Waals surface area contributed by atoms with Gasteiger partial charge in [-0.15, -0.1) is 0 Å². The van der Waals surface area contributed by atoms with Gasteiger partial charge < -0.3 is 0 Å². The number of likely N-dealkylation sites (tertiary alicyclic amines) is 1. The highest BCUT2D eigenvalue weighted by Crippen LogP contribution is 2.21. The van der Waals surface area contributed by atoms with Crippen molar-refractivity contribution in [2.45, 2.75) is 19.0 Å². The van der Waals surface area contributed by atoms with Crippen LogP contribution in [-0.4, -0.2) is 32.8 Å². The zero-order chi connectivity index (χ0) is 11.5. The maximum absolute atomic E-state index is 4.22. The molecule has 0 radical (unpaired) electrons. The van der Waals surface area contributed by atoms with Crippen molar-refractivity contribution < 1.29 is 0 Å². The molecular formula is C13H16N4. The molecule has 0 N–H and O–H groups in total. The van der Waals surface area contributed by atoms with Crippen LogP contribution < -0.4 is 0 Å². The molecule has 4 heteroatoms. The van der Waals surface area contributed by atoms with Gasteiger partial charge in [0.25, 0.3) is 0 Å². The molecule has 88 valence electrons. The summed E-state index contributed by atoms with van der Waals surface area (Å²) in [5, 5.41) is 4.22. The van der Waals surface area contributed by atoms with E-state index in [1.54, 1.807) is 6.33 Å². The summed E-state index contributed by atoms with van der Waals surface area (Å²) in [6.45, 7) is 3.24. The van der Waals surface area contributed by atoms with Gasteiger partial charge in [-0.3, -0.25) is 4.90 Å². The van der Waals surface area contributed by atoms with Crippen LogP contribution in [0.15, 0.2) is 43.0 Å². The lowest BCUT2D eigenvalue weighted by atomic mass is 10.2. The Bertz CT molecular complexity index is 452. The van der Waals surface area contributed by atoms with Crippen LogP contribution >= 0.6 is 0 Å². The molecule has 1 aliphatic heterocycles. The first-order valence-corrected chi connectivity index (χ1v) is 6.02. The second-order valence-electron chi connectivity index (χ2n) is 4.54. The van der Waals surface area contributed by atoms with Gasteiger partial charge in [0.15, 0.2) is 0 Å². The summed E-state index contributed by atoms with van der Waals surface area (Å²) in [6, 6.07) is 11.1. The average Bonchev–Trinajstić information content (AvgIpc) is 3.00. The normalized spacial score (nSPS) is 20.8. The Balaban J connectivity index is 1.61. The summed E-state index contributed by atoms with van der Waals surface area (Å²) in [5.74, 6) is 0. The molecule has 1 aliphatic rings. The highest BCUT2D eigenvalue weighted by molar-refractivity contribution is 5.14. The minimum Gasteiger partial charge on any atom is -0.297 e. The highest BCUT2D eigenvalue weighted by atomic mass is 15.4. The number of hydrogen-bond donors (Lipinski definition) is 0. The summed E-state index contributed by atoms with van der Waals surface area (Å²) in [4.78, 5) is 6.48. The van der Waals surface area contributed by atoms with Crippen molar-refractivity contribution in [2.24, 2.45) is 0 Å². The zero-order valence-electron chi connectivity index (χ0n) is 9.74. The Hall–Kier alpha value is -1.68. The molecule has 0 bridgehead atoms. The highest BCUT2D eigenvalue weighted by Gasteiger charge is 2.23. The van der Waals surface area contributed by atoms with Crippen LogP contribution in [0.4, 0.5) is 0 Å². The third-order valence-electron chi connectivity index (χ3n) is 3.31. The van der Waals surface area contributed by atoms with E-state index in [1.165, 1.54) is 5.56 Å². The molecule has 4 nitrogen and oxygen atoms in total. The number of rotatable bonds is 3. The summed E-state index contributed by atoms with van der Waals surface area (Å²) in [7, 11) is 0. The third kappa shape index (κ3) is 2.36. The predicted octanol–water partition coefficient (Wildman–Crippen LogP) is 1.73. The minimum atomic E-state index is 0.487. The van der Waals surface area contributed by atoms with Crippen molar-refractivity contribution in [3.8, 4) is 0 Å². The van der Waals surface area contributed by atoms with Crippen LogP contribution in [0.1, 0.15) is 18.0 Å². The molecular weight excluding hydrogens is 212 g/mol. The van der Waals surface area contributed by atoms with E-state index >= 15 is 0 Å². The van der Waals surface area contributed by atoms with E-state index in [0.717, 1.165) is 26.1 Å². The van der Waals surface area contributed by atoms with E-state index in [2.05, 4.69) is 45.3 Å². The summed E-state index contributed by atoms with van der Waals surface area (Å²) in [6.07, 6.45) is 4.59. The molecule has 0 aliphatic carbocycles. The lowest BCUT2D eigenvalue weighted by Gasteiger charge is -2.15. The van der Waals surface area contributed by atoms with Gasteiger partial charge in [0.1, 0.15) is 12.7 Å². The van der Waals surface area contributed by atoms with Gasteiger partial charge in [0, 0.05) is 19.6 Å². The lowest BCUT2D eigenvalue weighted by Crippen LogP contribution is -2.21. The molecule has 1 fully saturated rings. The molecule has 1 aromatic heterocycles. The first kappa shape index (κ1) is 10.5. The smallest absolute Gasteiger partial charge is 0.137 e. The maximum Gasteiger partial charge on any atom is 0.137 e. The molecule has 3 rings (SSSR count). The van der Waals surface area contributed by atoms with Gasteiger partial charge in [-0.2, -0.15) is 5.10 Å². The van der Waals surface area contributed by atoms with Crippen molar-refractivity contribution in [3.05, 3.63) is 48.5 Å². The fourth-order valence-corrected chi connectivity index (χ4v) is 2.42. The quantitative estimate of drug-likeness (QED) is 0.802. The van der Waals surface area contributed by atoms with Gasteiger partial charge in [-0.25, -0.2) is 9.67 Å². The number of nitrogens with zero attached hydrogens (tertiary/aromatic N) is 4. The summed E-state index contributed by atoms with van der Waals surface area (Å²) in [5.41, 5.74) is 1.38. The summed E-state index contributed by atoms with van der Waals surface area (Å²) < 4.78 is 1.98. The van der Waals surface area contributed by atoms with E-state index < -0.39 is 0 Å². The molecule has 1 saturated heterocycles. The first-order chi connectivity index (χ1) is 8.42. The maximum atomic E-state index is 4.22. The third-order valence-corrected chi connectivity index (χ3v) is 3.31. The monoisotopic (exact) mass is 228 g/mol. The zero-order valence-corrected chi connectivity index (χ0v) is 9.74. The Morgan fingerprint density at radius 1 is 1.24 bits per heavy atom. The van der Waals surface area contributed by atoms with Crippen LogP contribution in [0.5, 0.6) is 0 Å². The van der Waals surface area contributed by atoms with Gasteiger partial charge in [0.05, 0.1) is 6.04 Å². The Morgan fingerprint density at radius 2 is 2.12 bits per heavy atom. The SMILES string of the molecule is c1ccc(CN2CCC(n3cncn3)C2)cc1. The van der Waals surface area contributed by atoms with Crippen molar-refractivity contribution in [1.82, 2.24) is 19.7 Å². The van der Waals surface area contributed by atoms with Crippen LogP contribution in [0, 0.1) is 0 Å². The van der Waals surface area contributed by atoms with Crippen LogP contribution in [0.2, 0.25) is 0 Å². The standard InChI is InChI=1S/C13H16N4/c1-2-4-12(5-3-1)8-16-7-6-13(9-16)17-11-14-10-15-17/h1-5,10-11,13H,6-9H2. The molecule has 1 unspecified atom stereocenters. The minimum absolute atomic E-state index is 0.487. The molecule has 0 spiro atoms. The molecule has 2 aromatic rings. The van der Waals surface area contributed by atoms with Crippen LogP contribution in [0.25, 0.3) is 0 Å². The summed E-state index contributed by atoms with van der Waals surface area (Å²) >= 11 is 0. The molecule has 1 aromatic carbocycles. The first-order valence-electron chi connectivity index (χ1n) is 6.02. The van der Waals surface area contributed by atoms with Gasteiger partial charge in [0.2, 0.25) is 0 Å². The molecule has 2 heterocycles. The van der Waals surface area contributed by atoms with Crippen LogP contribution in [-0.2, 0) is 6.54 Å². The Morgan fingerprint density at radius 3 is 2.88 bits per heavy atom. The van der Waals surface area contributed by atoms with E-state index in [-0.39, 0.29) is 0 Å². The fraction of sp³-hybridized carbons (Fsp3) is 0.385. The topological polar surface area (TPSA) is 34.0 Å². The van der Waals surface area contributed by atoms with E-state index in [1.807, 2.05) is 11.0 Å². The molecule has 0 saturated carbocycles. The number of aromatic nitrogens is 3. The van der Waals surface area contributed by atoms with Gasteiger partial charge in [-0.05, 0) is 12.0 Å². The van der Waals surface area contributed by atoms with E-state index in [4.69, 9.17) is 0 Å². The largest absolute Gasteiger partial charge is 0.297 e. The van der Waals surface area contributed by atoms with Crippen molar-refractivity contribution in [3.63, 3.8) is 0 Å². The second-order valence-corrected chi connectivity index (χ2v) is 4.54. The van der Waals surface area contributed by atoms with Gasteiger partial charge in [-0.1, -0.05) is 30.3 Å². The fourth-order valence-electron chi connectivity index (χ4n) is 2.42. The lowest BCUT2D eigenvalue weighted by molar-refractivity contribution is 0.311. The number of hydrogen-bond acceptors (Lipinski definition) is 3. The van der Waals surface area contributed by atoms with E-state index in [0.29, 0.717) is 6.04 Å².